The lowest BCUT2D eigenvalue weighted by atomic mass is 9.88. The quantitative estimate of drug-likeness (QED) is 0.666. The molecule has 2 aromatic rings. The number of carbonyl (C=O) groups excluding carboxylic acids is 2. The van der Waals surface area contributed by atoms with Gasteiger partial charge in [0.2, 0.25) is 5.91 Å². The van der Waals surface area contributed by atoms with Crippen molar-refractivity contribution in [3.05, 3.63) is 64.9 Å². The Kier molecular flexibility index (Phi) is 6.64. The van der Waals surface area contributed by atoms with Gasteiger partial charge in [0.05, 0.1) is 16.0 Å². The number of halogens is 2. The second-order valence-corrected chi connectivity index (χ2v) is 9.38. The number of rotatable bonds is 4. The van der Waals surface area contributed by atoms with E-state index in [0.29, 0.717) is 27.9 Å². The van der Waals surface area contributed by atoms with E-state index in [1.54, 1.807) is 40.9 Å². The van der Waals surface area contributed by atoms with E-state index in [9.17, 15) is 14.0 Å². The second-order valence-electron chi connectivity index (χ2n) is 7.83. The number of carbonyl (C=O) groups is 2. The molecule has 1 saturated carbocycles. The van der Waals surface area contributed by atoms with Gasteiger partial charge >= 0.3 is 0 Å². The molecule has 30 heavy (non-hydrogen) atoms. The molecule has 7 heteroatoms. The molecule has 2 unspecified atom stereocenters. The van der Waals surface area contributed by atoms with Crippen LogP contribution in [0.15, 0.2) is 48.5 Å². The molecule has 4 nitrogen and oxygen atoms in total. The predicted molar refractivity (Wildman–Crippen MR) is 119 cm³/mol. The van der Waals surface area contributed by atoms with Gasteiger partial charge in [0.15, 0.2) is 0 Å². The maximum atomic E-state index is 13.5. The minimum absolute atomic E-state index is 0.0435. The zero-order valence-corrected chi connectivity index (χ0v) is 18.1. The molecule has 1 aliphatic heterocycles. The normalized spacial score (nSPS) is 22.1. The largest absolute Gasteiger partial charge is 0.324 e. The summed E-state index contributed by atoms with van der Waals surface area (Å²) in [5, 5.41) is 3.18. The zero-order valence-electron chi connectivity index (χ0n) is 16.5. The molecule has 1 aliphatic carbocycles. The topological polar surface area (TPSA) is 49.4 Å². The zero-order chi connectivity index (χ0) is 21.1. The lowest BCUT2D eigenvalue weighted by Gasteiger charge is -2.35. The van der Waals surface area contributed by atoms with Crippen LogP contribution < -0.4 is 5.32 Å². The summed E-state index contributed by atoms with van der Waals surface area (Å²) >= 11 is 7.99. The summed E-state index contributed by atoms with van der Waals surface area (Å²) in [5.41, 5.74) is 0.930. The van der Waals surface area contributed by atoms with Crippen molar-refractivity contribution in [3.8, 4) is 0 Å². The number of anilines is 1. The third kappa shape index (κ3) is 4.49. The molecule has 0 spiro atoms. The first-order chi connectivity index (χ1) is 14.5. The van der Waals surface area contributed by atoms with E-state index in [2.05, 4.69) is 5.32 Å². The molecule has 1 N–H and O–H groups in total. The molecule has 4 rings (SSSR count). The third-order valence-corrected chi connectivity index (χ3v) is 7.63. The van der Waals surface area contributed by atoms with Crippen molar-refractivity contribution in [2.45, 2.75) is 43.5 Å². The van der Waals surface area contributed by atoms with Gasteiger partial charge in [0.1, 0.15) is 11.9 Å². The van der Waals surface area contributed by atoms with Crippen LogP contribution in [-0.2, 0) is 4.79 Å². The van der Waals surface area contributed by atoms with Crippen molar-refractivity contribution in [3.63, 3.8) is 0 Å². The van der Waals surface area contributed by atoms with Crippen LogP contribution in [0.25, 0.3) is 0 Å². The molecule has 0 bridgehead atoms. The van der Waals surface area contributed by atoms with Crippen molar-refractivity contribution in [1.29, 1.82) is 0 Å². The van der Waals surface area contributed by atoms with E-state index in [0.717, 1.165) is 25.7 Å². The smallest absolute Gasteiger partial charge is 0.256 e. The van der Waals surface area contributed by atoms with E-state index in [1.165, 1.54) is 30.7 Å². The van der Waals surface area contributed by atoms with E-state index in [-0.39, 0.29) is 23.0 Å². The van der Waals surface area contributed by atoms with Gasteiger partial charge < -0.3 is 10.2 Å². The summed E-state index contributed by atoms with van der Waals surface area (Å²) in [6.07, 6.45) is 5.66. The molecule has 158 valence electrons. The first-order valence-electron chi connectivity index (χ1n) is 10.3. The molecule has 2 fully saturated rings. The maximum Gasteiger partial charge on any atom is 0.256 e. The van der Waals surface area contributed by atoms with E-state index in [4.69, 9.17) is 11.6 Å². The molecule has 2 aromatic carbocycles. The van der Waals surface area contributed by atoms with Gasteiger partial charge in [-0.3, -0.25) is 9.59 Å². The van der Waals surface area contributed by atoms with Gasteiger partial charge in [-0.05, 0) is 55.2 Å². The Morgan fingerprint density at radius 1 is 1.03 bits per heavy atom. The molecule has 1 heterocycles. The number of nitrogens with one attached hydrogen (secondary N) is 1. The lowest BCUT2D eigenvalue weighted by Crippen LogP contribution is -2.49. The van der Waals surface area contributed by atoms with Gasteiger partial charge in [-0.1, -0.05) is 43.0 Å². The number of benzene rings is 2. The molecule has 1 saturated heterocycles. The molecule has 2 amide bonds. The summed E-state index contributed by atoms with van der Waals surface area (Å²) in [4.78, 5) is 28.4. The Bertz CT molecular complexity index is 918. The highest BCUT2D eigenvalue weighted by molar-refractivity contribution is 8.00. The molecule has 2 aliphatic rings. The first-order valence-corrected chi connectivity index (χ1v) is 11.7. The van der Waals surface area contributed by atoms with E-state index in [1.807, 2.05) is 0 Å². The van der Waals surface area contributed by atoms with E-state index >= 15 is 0 Å². The highest BCUT2D eigenvalue weighted by Crippen LogP contribution is 2.41. The summed E-state index contributed by atoms with van der Waals surface area (Å²) in [7, 11) is 0. The van der Waals surface area contributed by atoms with Crippen LogP contribution in [0.3, 0.4) is 0 Å². The fourth-order valence-corrected chi connectivity index (χ4v) is 6.16. The average Bonchev–Trinajstić information content (AvgIpc) is 3.21. The van der Waals surface area contributed by atoms with Gasteiger partial charge in [0.25, 0.3) is 5.91 Å². The Labute approximate surface area is 185 Å². The highest BCUT2D eigenvalue weighted by atomic mass is 35.5. The summed E-state index contributed by atoms with van der Waals surface area (Å²) in [6, 6.07) is 12.0. The summed E-state index contributed by atoms with van der Waals surface area (Å²) in [6.45, 7) is 0. The number of amides is 2. The van der Waals surface area contributed by atoms with Gasteiger partial charge in [-0.2, -0.15) is 0 Å². The summed E-state index contributed by atoms with van der Waals surface area (Å²) < 4.78 is 13.2. The minimum Gasteiger partial charge on any atom is -0.324 e. The van der Waals surface area contributed by atoms with Crippen molar-refractivity contribution in [2.24, 2.45) is 5.92 Å². The third-order valence-electron chi connectivity index (χ3n) is 5.84. The van der Waals surface area contributed by atoms with Gasteiger partial charge in [-0.25, -0.2) is 4.39 Å². The lowest BCUT2D eigenvalue weighted by molar-refractivity contribution is -0.120. The number of hydrogen-bond acceptors (Lipinski definition) is 3. The predicted octanol–water partition coefficient (Wildman–Crippen LogP) is 5.58. The average molecular weight is 447 g/mol. The van der Waals surface area contributed by atoms with Crippen molar-refractivity contribution >= 4 is 40.9 Å². The van der Waals surface area contributed by atoms with Crippen LogP contribution in [0.2, 0.25) is 5.02 Å². The molecule has 0 aromatic heterocycles. The van der Waals surface area contributed by atoms with Crippen LogP contribution in [0.5, 0.6) is 0 Å². The van der Waals surface area contributed by atoms with Gasteiger partial charge in [0, 0.05) is 11.4 Å². The molecule has 0 radical (unpaired) electrons. The minimum atomic E-state index is -0.601. The summed E-state index contributed by atoms with van der Waals surface area (Å²) in [5.74, 6) is 0.0778. The van der Waals surface area contributed by atoms with Crippen LogP contribution in [-0.4, -0.2) is 33.9 Å². The number of thioether (sulfide) groups is 1. The SMILES string of the molecule is O=C(Nc1ccc(F)cc1)C1CSC(C2CCCCC2)N1C(=O)c1ccccc1Cl. The van der Waals surface area contributed by atoms with Crippen LogP contribution >= 0.6 is 23.4 Å². The fourth-order valence-electron chi connectivity index (χ4n) is 4.30. The number of hydrogen-bond donors (Lipinski definition) is 1. The standard InChI is InChI=1S/C23H24ClFN2O2S/c24-19-9-5-4-8-18(19)22(29)27-20(14-30-23(27)15-6-2-1-3-7-15)21(28)26-17-12-10-16(25)11-13-17/h4-5,8-13,15,20,23H,1-3,6-7,14H2,(H,26,28). The van der Waals surface area contributed by atoms with Crippen LogP contribution in [0.1, 0.15) is 42.5 Å². The van der Waals surface area contributed by atoms with E-state index < -0.39 is 6.04 Å². The molecular weight excluding hydrogens is 423 g/mol. The van der Waals surface area contributed by atoms with Crippen molar-refractivity contribution < 1.29 is 14.0 Å². The van der Waals surface area contributed by atoms with Crippen LogP contribution in [0.4, 0.5) is 10.1 Å². The van der Waals surface area contributed by atoms with Crippen molar-refractivity contribution in [2.75, 3.05) is 11.1 Å². The number of nitrogens with zero attached hydrogens (tertiary/aromatic N) is 1. The Hall–Kier alpha value is -2.05. The first kappa shape index (κ1) is 21.2. The van der Waals surface area contributed by atoms with Crippen molar-refractivity contribution in [1.82, 2.24) is 4.90 Å². The molecule has 2 atom stereocenters. The maximum absolute atomic E-state index is 13.5. The Balaban J connectivity index is 1.61. The fraction of sp³-hybridized carbons (Fsp3) is 0.391. The Morgan fingerprint density at radius 3 is 2.43 bits per heavy atom. The Morgan fingerprint density at radius 2 is 1.73 bits per heavy atom. The van der Waals surface area contributed by atoms with Crippen LogP contribution in [0, 0.1) is 11.7 Å². The monoisotopic (exact) mass is 446 g/mol. The highest BCUT2D eigenvalue weighted by Gasteiger charge is 2.45. The molecular formula is C23H24ClFN2O2S. The second kappa shape index (κ2) is 9.40. The van der Waals surface area contributed by atoms with Gasteiger partial charge in [-0.15, -0.1) is 11.8 Å².